The number of rotatable bonds is 13. The van der Waals surface area contributed by atoms with E-state index in [-0.39, 0.29) is 4.90 Å². The van der Waals surface area contributed by atoms with Crippen LogP contribution in [0.25, 0.3) is 5.57 Å². The summed E-state index contributed by atoms with van der Waals surface area (Å²) in [4.78, 5) is 18.4. The number of allylic oxidation sites excluding steroid dienone is 1. The Hall–Kier alpha value is -3.52. The number of carbonyl (C=O) groups excluding carboxylic acids is 1. The molecule has 3 rings (SSSR count). The van der Waals surface area contributed by atoms with Gasteiger partial charge in [-0.2, -0.15) is 0 Å². The maximum Gasteiger partial charge on any atom is 0.293 e. The molecule has 0 aliphatic carbocycles. The topological polar surface area (TPSA) is 98.2 Å². The predicted octanol–water partition coefficient (Wildman–Crippen LogP) is 4.83. The summed E-state index contributed by atoms with van der Waals surface area (Å²) in [6.45, 7) is 0.940. The van der Waals surface area contributed by atoms with Gasteiger partial charge in [-0.25, -0.2) is 8.42 Å². The van der Waals surface area contributed by atoms with E-state index in [0.29, 0.717) is 18.8 Å². The average Bonchev–Trinajstić information content (AvgIpc) is 2.84. The van der Waals surface area contributed by atoms with Crippen molar-refractivity contribution in [3.05, 3.63) is 90.5 Å². The molecule has 3 aromatic rings. The molecule has 1 aromatic carbocycles. The van der Waals surface area contributed by atoms with E-state index < -0.39 is 10.0 Å². The zero-order chi connectivity index (χ0) is 23.4. The smallest absolute Gasteiger partial charge is 0.293 e. The molecule has 0 radical (unpaired) electrons. The van der Waals surface area contributed by atoms with Crippen molar-refractivity contribution in [3.63, 3.8) is 0 Å². The van der Waals surface area contributed by atoms with Crippen LogP contribution in [-0.4, -0.2) is 31.5 Å². The highest BCUT2D eigenvalue weighted by Gasteiger charge is 2.15. The van der Waals surface area contributed by atoms with E-state index in [2.05, 4.69) is 20.8 Å². The van der Waals surface area contributed by atoms with Crippen molar-refractivity contribution in [2.75, 3.05) is 11.3 Å². The second-order valence-corrected chi connectivity index (χ2v) is 9.09. The van der Waals surface area contributed by atoms with Gasteiger partial charge in [0.1, 0.15) is 4.90 Å². The largest absolute Gasteiger partial charge is 0.468 e. The van der Waals surface area contributed by atoms with Crippen molar-refractivity contribution >= 4 is 27.8 Å². The third-order valence-corrected chi connectivity index (χ3v) is 6.34. The second-order valence-electron chi connectivity index (χ2n) is 7.40. The fourth-order valence-electron chi connectivity index (χ4n) is 3.37. The molecule has 0 saturated heterocycles. The third-order valence-electron chi connectivity index (χ3n) is 4.98. The SMILES string of the molecule is O=COCCCCCCC=C(c1cccnc1)c1cccc(NS(=O)(=O)c2cccnc2)c1. The average molecular weight is 466 g/mol. The number of ether oxygens (including phenoxy) is 1. The first-order chi connectivity index (χ1) is 16.1. The number of nitrogens with zero attached hydrogens (tertiary/aromatic N) is 2. The maximum absolute atomic E-state index is 12.7. The van der Waals surface area contributed by atoms with E-state index in [1.165, 1.54) is 18.5 Å². The van der Waals surface area contributed by atoms with Crippen LogP contribution in [0, 0.1) is 0 Å². The molecule has 0 unspecified atom stereocenters. The molecule has 33 heavy (non-hydrogen) atoms. The van der Waals surface area contributed by atoms with Crippen LogP contribution in [0.4, 0.5) is 5.69 Å². The first kappa shape index (κ1) is 24.1. The van der Waals surface area contributed by atoms with Gasteiger partial charge < -0.3 is 4.74 Å². The number of aromatic nitrogens is 2. The van der Waals surface area contributed by atoms with Crippen LogP contribution in [0.2, 0.25) is 0 Å². The van der Waals surface area contributed by atoms with Gasteiger partial charge in [-0.15, -0.1) is 0 Å². The van der Waals surface area contributed by atoms with Crippen LogP contribution in [0.5, 0.6) is 0 Å². The Morgan fingerprint density at radius 1 is 0.909 bits per heavy atom. The lowest BCUT2D eigenvalue weighted by Gasteiger charge is -2.12. The molecule has 1 N–H and O–H groups in total. The molecule has 2 heterocycles. The molecule has 7 nitrogen and oxygen atoms in total. The van der Waals surface area contributed by atoms with Gasteiger partial charge in [0.15, 0.2) is 0 Å². The Labute approximate surface area is 194 Å². The van der Waals surface area contributed by atoms with Crippen molar-refractivity contribution in [3.8, 4) is 0 Å². The van der Waals surface area contributed by atoms with Crippen molar-refractivity contribution in [2.24, 2.45) is 0 Å². The van der Waals surface area contributed by atoms with Gasteiger partial charge in [-0.1, -0.05) is 37.1 Å². The number of pyridine rings is 2. The highest BCUT2D eigenvalue weighted by molar-refractivity contribution is 7.92. The highest BCUT2D eigenvalue weighted by Crippen LogP contribution is 2.27. The molecule has 0 aliphatic rings. The van der Waals surface area contributed by atoms with Crippen LogP contribution >= 0.6 is 0 Å². The number of unbranched alkanes of at least 4 members (excludes halogenated alkanes) is 4. The number of sulfonamides is 1. The normalized spacial score (nSPS) is 11.7. The minimum Gasteiger partial charge on any atom is -0.468 e. The van der Waals surface area contributed by atoms with E-state index in [9.17, 15) is 13.2 Å². The molecule has 0 aliphatic heterocycles. The molecule has 172 valence electrons. The second kappa shape index (κ2) is 12.5. The number of hydrogen-bond acceptors (Lipinski definition) is 6. The molecule has 0 bridgehead atoms. The summed E-state index contributed by atoms with van der Waals surface area (Å²) in [6.07, 6.45) is 13.3. The molecule has 0 amide bonds. The first-order valence-electron chi connectivity index (χ1n) is 10.8. The van der Waals surface area contributed by atoms with Gasteiger partial charge >= 0.3 is 0 Å². The van der Waals surface area contributed by atoms with E-state index >= 15 is 0 Å². The molecule has 0 saturated carbocycles. The fourth-order valence-corrected chi connectivity index (χ4v) is 4.39. The van der Waals surface area contributed by atoms with E-state index in [4.69, 9.17) is 4.74 Å². The van der Waals surface area contributed by atoms with Crippen LogP contribution in [0.3, 0.4) is 0 Å². The molecular weight excluding hydrogens is 438 g/mol. The highest BCUT2D eigenvalue weighted by atomic mass is 32.2. The van der Waals surface area contributed by atoms with Crippen LogP contribution in [0.15, 0.2) is 84.3 Å². The van der Waals surface area contributed by atoms with E-state index in [0.717, 1.165) is 48.8 Å². The number of hydrogen-bond donors (Lipinski definition) is 1. The maximum atomic E-state index is 12.7. The van der Waals surface area contributed by atoms with E-state index in [1.807, 2.05) is 30.3 Å². The van der Waals surface area contributed by atoms with Crippen molar-refractivity contribution in [1.82, 2.24) is 9.97 Å². The van der Waals surface area contributed by atoms with Crippen molar-refractivity contribution in [2.45, 2.75) is 37.0 Å². The summed E-state index contributed by atoms with van der Waals surface area (Å²) in [7, 11) is -3.73. The third kappa shape index (κ3) is 7.54. The van der Waals surface area contributed by atoms with Gasteiger partial charge in [-0.05, 0) is 60.7 Å². The summed E-state index contributed by atoms with van der Waals surface area (Å²) in [6, 6.07) is 14.3. The van der Waals surface area contributed by atoms with Crippen LogP contribution < -0.4 is 4.72 Å². The lowest BCUT2D eigenvalue weighted by Crippen LogP contribution is -2.13. The Balaban J connectivity index is 1.75. The molecule has 2 aromatic heterocycles. The molecular formula is C25H27N3O4S. The number of anilines is 1. The first-order valence-corrected chi connectivity index (χ1v) is 12.3. The van der Waals surface area contributed by atoms with Gasteiger partial charge in [0.25, 0.3) is 16.5 Å². The summed E-state index contributed by atoms with van der Waals surface area (Å²) in [5, 5.41) is 0. The van der Waals surface area contributed by atoms with Crippen LogP contribution in [-0.2, 0) is 19.6 Å². The quantitative estimate of drug-likeness (QED) is 0.287. The van der Waals surface area contributed by atoms with Gasteiger partial charge in [0.05, 0.1) is 6.61 Å². The van der Waals surface area contributed by atoms with Gasteiger partial charge in [-0.3, -0.25) is 19.5 Å². The number of benzene rings is 1. The zero-order valence-electron chi connectivity index (χ0n) is 18.3. The van der Waals surface area contributed by atoms with E-state index in [1.54, 1.807) is 24.5 Å². The van der Waals surface area contributed by atoms with Crippen molar-refractivity contribution in [1.29, 1.82) is 0 Å². The Kier molecular flexibility index (Phi) is 9.14. The monoisotopic (exact) mass is 465 g/mol. The predicted molar refractivity (Wildman–Crippen MR) is 128 cm³/mol. The summed E-state index contributed by atoms with van der Waals surface area (Å²) >= 11 is 0. The lowest BCUT2D eigenvalue weighted by molar-refractivity contribution is -0.128. The van der Waals surface area contributed by atoms with Gasteiger partial charge in [0.2, 0.25) is 0 Å². The Bertz CT molecular complexity index is 1150. The molecule has 8 heteroatoms. The van der Waals surface area contributed by atoms with Crippen molar-refractivity contribution < 1.29 is 17.9 Å². The van der Waals surface area contributed by atoms with Gasteiger partial charge in [0, 0.05) is 36.0 Å². The molecule has 0 fully saturated rings. The molecule has 0 atom stereocenters. The number of nitrogens with one attached hydrogen (secondary N) is 1. The van der Waals surface area contributed by atoms with Crippen LogP contribution in [0.1, 0.15) is 43.2 Å². The number of carbonyl (C=O) groups is 1. The molecule has 0 spiro atoms. The summed E-state index contributed by atoms with van der Waals surface area (Å²) < 4.78 is 32.7. The lowest BCUT2D eigenvalue weighted by atomic mass is 9.97. The Morgan fingerprint density at radius 3 is 2.39 bits per heavy atom. The minimum absolute atomic E-state index is 0.108. The Morgan fingerprint density at radius 2 is 1.67 bits per heavy atom. The zero-order valence-corrected chi connectivity index (χ0v) is 19.1. The summed E-state index contributed by atoms with van der Waals surface area (Å²) in [5.74, 6) is 0. The standard InChI is InChI=1S/C25H27N3O4S/c29-20-32-16-5-3-1-2-4-13-25(22-10-7-14-26-18-22)21-9-6-11-23(17-21)28-33(30,31)24-12-8-15-27-19-24/h6-15,17-20,28H,1-5,16H2. The summed E-state index contributed by atoms with van der Waals surface area (Å²) in [5.41, 5.74) is 3.33. The minimum atomic E-state index is -3.73. The fraction of sp³-hybridized carbons (Fsp3) is 0.240.